The summed E-state index contributed by atoms with van der Waals surface area (Å²) in [6, 6.07) is 0. The molecule has 0 heterocycles. The highest BCUT2D eigenvalue weighted by Gasteiger charge is 2.23. The smallest absolute Gasteiger partial charge is 0.331 e. The minimum atomic E-state index is -0.832. The Morgan fingerprint density at radius 2 is 2.45 bits per heavy atom. The van der Waals surface area contributed by atoms with Gasteiger partial charge in [0.05, 0.1) is 0 Å². The fourth-order valence-corrected chi connectivity index (χ4v) is 1.48. The largest absolute Gasteiger partial charge is 0.478 e. The molecular formula is C8H12O3. The molecule has 0 aromatic rings. The van der Waals surface area contributed by atoms with Crippen molar-refractivity contribution >= 4 is 5.97 Å². The summed E-state index contributed by atoms with van der Waals surface area (Å²) in [5, 5.41) is 17.3. The molecule has 0 unspecified atom stereocenters. The van der Waals surface area contributed by atoms with E-state index in [1.165, 1.54) is 0 Å². The highest BCUT2D eigenvalue weighted by Crippen LogP contribution is 2.28. The maximum atomic E-state index is 10.5. The van der Waals surface area contributed by atoms with E-state index < -0.39 is 5.97 Å². The Bertz CT molecular complexity index is 184. The zero-order valence-corrected chi connectivity index (χ0v) is 6.29. The van der Waals surface area contributed by atoms with Crippen molar-refractivity contribution in [3.05, 3.63) is 11.6 Å². The number of aliphatic carboxylic acids is 1. The lowest BCUT2D eigenvalue weighted by Crippen LogP contribution is -2.10. The van der Waals surface area contributed by atoms with Crippen LogP contribution < -0.4 is 0 Å². The van der Waals surface area contributed by atoms with E-state index in [4.69, 9.17) is 10.2 Å². The molecule has 0 aromatic carbocycles. The number of carboxylic acids is 1. The molecule has 0 amide bonds. The van der Waals surface area contributed by atoms with Crippen LogP contribution in [0.1, 0.15) is 19.3 Å². The molecule has 3 nitrogen and oxygen atoms in total. The molecule has 2 N–H and O–H groups in total. The molecule has 0 aromatic heterocycles. The van der Waals surface area contributed by atoms with E-state index in [0.29, 0.717) is 12.0 Å². The normalized spacial score (nSPS) is 23.4. The van der Waals surface area contributed by atoms with Crippen molar-refractivity contribution in [2.45, 2.75) is 19.3 Å². The summed E-state index contributed by atoms with van der Waals surface area (Å²) in [7, 11) is 0. The summed E-state index contributed by atoms with van der Waals surface area (Å²) in [5.74, 6) is -0.751. The lowest BCUT2D eigenvalue weighted by molar-refractivity contribution is -0.133. The number of allylic oxidation sites excluding steroid dienone is 1. The highest BCUT2D eigenvalue weighted by molar-refractivity contribution is 5.87. The average Bonchev–Trinajstić information content (AvgIpc) is 2.36. The summed E-state index contributed by atoms with van der Waals surface area (Å²) in [6.45, 7) is 0.0787. The summed E-state index contributed by atoms with van der Waals surface area (Å²) < 4.78 is 0. The standard InChI is InChI=1S/C8H12O3/c9-5-4-6-2-1-3-7(6)8(10)11/h3,6,9H,1-2,4-5H2,(H,10,11)/t6-/m1/s1. The second kappa shape index (κ2) is 3.53. The quantitative estimate of drug-likeness (QED) is 0.635. The number of rotatable bonds is 3. The van der Waals surface area contributed by atoms with Crippen LogP contribution in [0.4, 0.5) is 0 Å². The molecule has 0 saturated carbocycles. The van der Waals surface area contributed by atoms with Crippen LogP contribution >= 0.6 is 0 Å². The molecule has 0 bridgehead atoms. The van der Waals surface area contributed by atoms with Gasteiger partial charge in [0.1, 0.15) is 0 Å². The maximum absolute atomic E-state index is 10.5. The topological polar surface area (TPSA) is 57.5 Å². The van der Waals surface area contributed by atoms with Gasteiger partial charge >= 0.3 is 5.97 Å². The molecule has 1 aliphatic rings. The minimum absolute atomic E-state index is 0.0787. The molecule has 0 aliphatic heterocycles. The third-order valence-electron chi connectivity index (χ3n) is 2.04. The number of aliphatic hydroxyl groups is 1. The Morgan fingerprint density at radius 3 is 3.00 bits per heavy atom. The first-order chi connectivity index (χ1) is 5.25. The molecule has 3 heteroatoms. The molecule has 0 fully saturated rings. The van der Waals surface area contributed by atoms with Crippen molar-refractivity contribution < 1.29 is 15.0 Å². The van der Waals surface area contributed by atoms with Gasteiger partial charge in [-0.1, -0.05) is 6.08 Å². The van der Waals surface area contributed by atoms with Crippen molar-refractivity contribution in [3.8, 4) is 0 Å². The van der Waals surface area contributed by atoms with Crippen LogP contribution in [0.15, 0.2) is 11.6 Å². The van der Waals surface area contributed by atoms with E-state index in [9.17, 15) is 4.79 Å². The van der Waals surface area contributed by atoms with Crippen molar-refractivity contribution in [2.24, 2.45) is 5.92 Å². The van der Waals surface area contributed by atoms with Gasteiger partial charge < -0.3 is 10.2 Å². The SMILES string of the molecule is O=C(O)C1=CCC[C@@H]1CCO. The van der Waals surface area contributed by atoms with E-state index >= 15 is 0 Å². The van der Waals surface area contributed by atoms with E-state index in [-0.39, 0.29) is 12.5 Å². The first-order valence-electron chi connectivity index (χ1n) is 3.80. The molecule has 62 valence electrons. The van der Waals surface area contributed by atoms with Gasteiger partial charge in [0.2, 0.25) is 0 Å². The van der Waals surface area contributed by atoms with Crippen molar-refractivity contribution in [3.63, 3.8) is 0 Å². The Hall–Kier alpha value is -0.830. The molecule has 0 saturated heterocycles. The van der Waals surface area contributed by atoms with Crippen LogP contribution in [0, 0.1) is 5.92 Å². The number of hydrogen-bond acceptors (Lipinski definition) is 2. The zero-order valence-electron chi connectivity index (χ0n) is 6.29. The lowest BCUT2D eigenvalue weighted by Gasteiger charge is -2.08. The second-order valence-corrected chi connectivity index (χ2v) is 2.75. The van der Waals surface area contributed by atoms with Crippen LogP contribution in [-0.4, -0.2) is 22.8 Å². The van der Waals surface area contributed by atoms with Gasteiger partial charge in [0.25, 0.3) is 0 Å². The average molecular weight is 156 g/mol. The highest BCUT2D eigenvalue weighted by atomic mass is 16.4. The number of aliphatic hydroxyl groups excluding tert-OH is 1. The van der Waals surface area contributed by atoms with Gasteiger partial charge in [-0.3, -0.25) is 0 Å². The summed E-state index contributed by atoms with van der Waals surface area (Å²) in [6.07, 6.45) is 4.05. The zero-order chi connectivity index (χ0) is 8.27. The Morgan fingerprint density at radius 1 is 1.73 bits per heavy atom. The van der Waals surface area contributed by atoms with E-state index in [1.54, 1.807) is 6.08 Å². The Labute approximate surface area is 65.3 Å². The summed E-state index contributed by atoms with van der Waals surface area (Å²) >= 11 is 0. The van der Waals surface area contributed by atoms with E-state index in [0.717, 1.165) is 12.8 Å². The molecular weight excluding hydrogens is 144 g/mol. The fourth-order valence-electron chi connectivity index (χ4n) is 1.48. The van der Waals surface area contributed by atoms with Crippen LogP contribution in [-0.2, 0) is 4.79 Å². The maximum Gasteiger partial charge on any atom is 0.331 e. The molecule has 0 radical (unpaired) electrons. The van der Waals surface area contributed by atoms with Crippen molar-refractivity contribution in [1.29, 1.82) is 0 Å². The van der Waals surface area contributed by atoms with Gasteiger partial charge in [0, 0.05) is 12.2 Å². The number of hydrogen-bond donors (Lipinski definition) is 2. The molecule has 0 spiro atoms. The molecule has 11 heavy (non-hydrogen) atoms. The van der Waals surface area contributed by atoms with Crippen LogP contribution in [0.5, 0.6) is 0 Å². The summed E-state index contributed by atoms with van der Waals surface area (Å²) in [4.78, 5) is 10.5. The Kier molecular flexibility index (Phi) is 2.65. The fraction of sp³-hybridized carbons (Fsp3) is 0.625. The van der Waals surface area contributed by atoms with Gasteiger partial charge in [-0.15, -0.1) is 0 Å². The van der Waals surface area contributed by atoms with Crippen LogP contribution in [0.3, 0.4) is 0 Å². The van der Waals surface area contributed by atoms with Gasteiger partial charge in [0.15, 0.2) is 0 Å². The minimum Gasteiger partial charge on any atom is -0.478 e. The van der Waals surface area contributed by atoms with Gasteiger partial charge in [-0.2, -0.15) is 0 Å². The predicted molar refractivity (Wildman–Crippen MR) is 40.1 cm³/mol. The monoisotopic (exact) mass is 156 g/mol. The molecule has 1 aliphatic carbocycles. The van der Waals surface area contributed by atoms with E-state index in [2.05, 4.69) is 0 Å². The third-order valence-corrected chi connectivity index (χ3v) is 2.04. The van der Waals surface area contributed by atoms with Crippen LogP contribution in [0.25, 0.3) is 0 Å². The van der Waals surface area contributed by atoms with Crippen molar-refractivity contribution in [1.82, 2.24) is 0 Å². The first kappa shape index (κ1) is 8.27. The number of carboxylic acid groups (broad SMARTS) is 1. The second-order valence-electron chi connectivity index (χ2n) is 2.75. The summed E-state index contributed by atoms with van der Waals surface area (Å²) in [5.41, 5.74) is 0.485. The van der Waals surface area contributed by atoms with E-state index in [1.807, 2.05) is 0 Å². The number of carbonyl (C=O) groups is 1. The first-order valence-corrected chi connectivity index (χ1v) is 3.80. The van der Waals surface area contributed by atoms with Crippen molar-refractivity contribution in [2.75, 3.05) is 6.61 Å². The molecule has 1 atom stereocenters. The van der Waals surface area contributed by atoms with Gasteiger partial charge in [-0.05, 0) is 25.2 Å². The predicted octanol–water partition coefficient (Wildman–Crippen LogP) is 0.790. The lowest BCUT2D eigenvalue weighted by atomic mass is 9.98. The third kappa shape index (κ3) is 1.80. The van der Waals surface area contributed by atoms with Crippen LogP contribution in [0.2, 0.25) is 0 Å². The van der Waals surface area contributed by atoms with Gasteiger partial charge in [-0.25, -0.2) is 4.79 Å². The molecule has 1 rings (SSSR count). The Balaban J connectivity index is 2.55.